The molecule has 0 bridgehead atoms. The standard InChI is InChI=1S/C19H19ClFN5O2/c20-11-6-24-18(25-7-11)15-9-26(10-16(15)22)19(27)14-2-1-12(21)5-17(14)28-13-3-4-23-8-13/h1-2,5-7,13,22-24H,3-4,8-10H2/b18-15+,22-16?/t13-/m1/s1. The van der Waals surface area contributed by atoms with Crippen LogP contribution in [0.3, 0.4) is 0 Å². The van der Waals surface area contributed by atoms with Gasteiger partial charge in [-0.1, -0.05) is 11.6 Å². The van der Waals surface area contributed by atoms with Gasteiger partial charge in [-0.3, -0.25) is 4.79 Å². The van der Waals surface area contributed by atoms with Gasteiger partial charge in [-0.2, -0.15) is 0 Å². The van der Waals surface area contributed by atoms with Crippen molar-refractivity contribution in [1.82, 2.24) is 15.5 Å². The maximum Gasteiger partial charge on any atom is 0.258 e. The fourth-order valence-corrected chi connectivity index (χ4v) is 3.45. The number of allylic oxidation sites excluding steroid dienone is 1. The van der Waals surface area contributed by atoms with Crippen LogP contribution in [0.15, 0.2) is 45.8 Å². The molecule has 7 nitrogen and oxygen atoms in total. The highest BCUT2D eigenvalue weighted by Crippen LogP contribution is 2.27. The zero-order valence-corrected chi connectivity index (χ0v) is 15.7. The number of hydrogen-bond donors (Lipinski definition) is 3. The second-order valence-electron chi connectivity index (χ2n) is 6.77. The van der Waals surface area contributed by atoms with Crippen molar-refractivity contribution >= 4 is 29.4 Å². The van der Waals surface area contributed by atoms with E-state index in [1.807, 2.05) is 0 Å². The average Bonchev–Trinajstić information content (AvgIpc) is 3.32. The van der Waals surface area contributed by atoms with Gasteiger partial charge in [-0.05, 0) is 25.1 Å². The molecule has 9 heteroatoms. The molecule has 0 aromatic heterocycles. The Labute approximate surface area is 166 Å². The second-order valence-corrected chi connectivity index (χ2v) is 7.21. The van der Waals surface area contributed by atoms with Crippen LogP contribution >= 0.6 is 11.6 Å². The minimum absolute atomic E-state index is 0.0970. The van der Waals surface area contributed by atoms with Crippen LogP contribution < -0.4 is 15.4 Å². The first kappa shape index (κ1) is 18.6. The number of benzene rings is 1. The Morgan fingerprint density at radius 1 is 1.39 bits per heavy atom. The van der Waals surface area contributed by atoms with Crippen molar-refractivity contribution in [2.24, 2.45) is 4.99 Å². The van der Waals surface area contributed by atoms with Gasteiger partial charge in [0.15, 0.2) is 0 Å². The van der Waals surface area contributed by atoms with Crippen molar-refractivity contribution in [3.05, 3.63) is 52.2 Å². The van der Waals surface area contributed by atoms with E-state index in [4.69, 9.17) is 21.7 Å². The molecular weight excluding hydrogens is 385 g/mol. The summed E-state index contributed by atoms with van der Waals surface area (Å²) in [4.78, 5) is 18.8. The van der Waals surface area contributed by atoms with Crippen LogP contribution in [0.5, 0.6) is 5.75 Å². The van der Waals surface area contributed by atoms with Gasteiger partial charge >= 0.3 is 0 Å². The maximum atomic E-state index is 13.8. The van der Waals surface area contributed by atoms with Crippen molar-refractivity contribution in [3.63, 3.8) is 0 Å². The number of halogens is 2. The third kappa shape index (κ3) is 3.79. The Hall–Kier alpha value is -2.71. The number of amides is 1. The van der Waals surface area contributed by atoms with Crippen molar-refractivity contribution < 1.29 is 13.9 Å². The zero-order valence-electron chi connectivity index (χ0n) is 15.0. The Kier molecular flexibility index (Phi) is 5.15. The predicted octanol–water partition coefficient (Wildman–Crippen LogP) is 2.01. The third-order valence-electron chi connectivity index (χ3n) is 4.78. The first-order valence-corrected chi connectivity index (χ1v) is 9.32. The van der Waals surface area contributed by atoms with Crippen molar-refractivity contribution in [2.45, 2.75) is 12.5 Å². The number of nitrogens with one attached hydrogen (secondary N) is 3. The molecule has 4 rings (SSSR count). The molecule has 1 amide bonds. The lowest BCUT2D eigenvalue weighted by molar-refractivity contribution is 0.0797. The highest BCUT2D eigenvalue weighted by atomic mass is 35.5. The summed E-state index contributed by atoms with van der Waals surface area (Å²) in [5.74, 6) is -0.0410. The monoisotopic (exact) mass is 403 g/mol. The van der Waals surface area contributed by atoms with Crippen LogP contribution in [0, 0.1) is 11.2 Å². The van der Waals surface area contributed by atoms with E-state index in [2.05, 4.69) is 15.6 Å². The summed E-state index contributed by atoms with van der Waals surface area (Å²) in [6, 6.07) is 3.92. The van der Waals surface area contributed by atoms with E-state index in [1.54, 1.807) is 6.20 Å². The lowest BCUT2D eigenvalue weighted by Gasteiger charge is -2.19. The molecule has 1 aromatic carbocycles. The molecular formula is C19H19ClFN5O2. The Bertz CT molecular complexity index is 921. The zero-order chi connectivity index (χ0) is 19.7. The number of likely N-dealkylation sites (tertiary alicyclic amines) is 1. The molecule has 0 spiro atoms. The third-order valence-corrected chi connectivity index (χ3v) is 4.99. The molecule has 2 fully saturated rings. The molecule has 2 saturated heterocycles. The van der Waals surface area contributed by atoms with Gasteiger partial charge in [0.1, 0.15) is 23.5 Å². The van der Waals surface area contributed by atoms with E-state index in [0.29, 0.717) is 28.7 Å². The van der Waals surface area contributed by atoms with Crippen molar-refractivity contribution in [2.75, 3.05) is 26.2 Å². The van der Waals surface area contributed by atoms with E-state index in [0.717, 1.165) is 13.0 Å². The van der Waals surface area contributed by atoms with Crippen molar-refractivity contribution in [3.8, 4) is 5.75 Å². The SMILES string of the molecule is N=C1CN(C(=O)c2ccc(F)cc2O[C@@H]2CCNC2)C/C1=C1\N=CC(Cl)=CN1. The summed E-state index contributed by atoms with van der Waals surface area (Å²) in [5.41, 5.74) is 1.20. The van der Waals surface area contributed by atoms with Gasteiger partial charge < -0.3 is 25.7 Å². The molecule has 3 heterocycles. The molecule has 0 saturated carbocycles. The Balaban J connectivity index is 1.56. The fraction of sp³-hybridized carbons (Fsp3) is 0.316. The van der Waals surface area contributed by atoms with Crippen LogP contribution in [0.2, 0.25) is 0 Å². The first-order valence-electron chi connectivity index (χ1n) is 8.94. The molecule has 0 aliphatic carbocycles. The molecule has 146 valence electrons. The number of ether oxygens (including phenoxy) is 1. The number of nitrogens with zero attached hydrogens (tertiary/aromatic N) is 2. The first-order chi connectivity index (χ1) is 13.5. The summed E-state index contributed by atoms with van der Waals surface area (Å²) >= 11 is 5.84. The quantitative estimate of drug-likeness (QED) is 0.720. The van der Waals surface area contributed by atoms with Gasteiger partial charge in [-0.15, -0.1) is 0 Å². The van der Waals surface area contributed by atoms with E-state index < -0.39 is 5.82 Å². The lowest BCUT2D eigenvalue weighted by Crippen LogP contribution is -2.30. The van der Waals surface area contributed by atoms with Crippen LogP contribution in [0.4, 0.5) is 4.39 Å². The summed E-state index contributed by atoms with van der Waals surface area (Å²) in [5, 5.41) is 14.8. The number of carbonyl (C=O) groups is 1. The fourth-order valence-electron chi connectivity index (χ4n) is 3.34. The van der Waals surface area contributed by atoms with Crippen LogP contribution in [-0.4, -0.2) is 55.0 Å². The molecule has 3 aliphatic heterocycles. The molecule has 0 unspecified atom stereocenters. The Morgan fingerprint density at radius 2 is 2.25 bits per heavy atom. The molecule has 28 heavy (non-hydrogen) atoms. The minimum atomic E-state index is -0.459. The topological polar surface area (TPSA) is 89.8 Å². The summed E-state index contributed by atoms with van der Waals surface area (Å²) < 4.78 is 19.6. The predicted molar refractivity (Wildman–Crippen MR) is 105 cm³/mol. The summed E-state index contributed by atoms with van der Waals surface area (Å²) in [7, 11) is 0. The molecule has 0 radical (unpaired) electrons. The number of carbonyl (C=O) groups excluding carboxylic acids is 1. The van der Waals surface area contributed by atoms with Crippen molar-refractivity contribution in [1.29, 1.82) is 5.41 Å². The Morgan fingerprint density at radius 3 is 2.96 bits per heavy atom. The highest BCUT2D eigenvalue weighted by molar-refractivity contribution is 6.39. The molecule has 1 atom stereocenters. The average molecular weight is 404 g/mol. The summed E-state index contributed by atoms with van der Waals surface area (Å²) in [6.45, 7) is 1.86. The number of rotatable bonds is 3. The smallest absolute Gasteiger partial charge is 0.258 e. The van der Waals surface area contributed by atoms with Crippen LogP contribution in [0.1, 0.15) is 16.8 Å². The van der Waals surface area contributed by atoms with E-state index in [9.17, 15) is 9.18 Å². The van der Waals surface area contributed by atoms with E-state index in [-0.39, 0.29) is 36.4 Å². The highest BCUT2D eigenvalue weighted by Gasteiger charge is 2.31. The largest absolute Gasteiger partial charge is 0.488 e. The van der Waals surface area contributed by atoms with E-state index >= 15 is 0 Å². The van der Waals surface area contributed by atoms with Crippen LogP contribution in [0.25, 0.3) is 0 Å². The van der Waals surface area contributed by atoms with Crippen LogP contribution in [-0.2, 0) is 0 Å². The number of hydrogen-bond acceptors (Lipinski definition) is 6. The number of aliphatic imine (C=N–C) groups is 1. The van der Waals surface area contributed by atoms with Gasteiger partial charge in [0.25, 0.3) is 5.91 Å². The normalized spacial score (nSPS) is 24.4. The summed E-state index contributed by atoms with van der Waals surface area (Å²) in [6.07, 6.45) is 3.77. The van der Waals surface area contributed by atoms with Gasteiger partial charge in [0.2, 0.25) is 0 Å². The van der Waals surface area contributed by atoms with Gasteiger partial charge in [0, 0.05) is 30.6 Å². The van der Waals surface area contributed by atoms with Gasteiger partial charge in [-0.25, -0.2) is 9.38 Å². The maximum absolute atomic E-state index is 13.8. The van der Waals surface area contributed by atoms with E-state index in [1.165, 1.54) is 29.3 Å². The molecule has 3 N–H and O–H groups in total. The molecule has 3 aliphatic rings. The second kappa shape index (κ2) is 7.73. The van der Waals surface area contributed by atoms with Gasteiger partial charge in [0.05, 0.1) is 29.4 Å². The minimum Gasteiger partial charge on any atom is -0.488 e. The molecule has 1 aromatic rings. The lowest BCUT2D eigenvalue weighted by atomic mass is 10.1.